The Morgan fingerprint density at radius 3 is 2.16 bits per heavy atom. The third-order valence-electron chi connectivity index (χ3n) is 6.29. The molecule has 0 spiro atoms. The van der Waals surface area contributed by atoms with Crippen LogP contribution < -0.4 is 10.5 Å². The van der Waals surface area contributed by atoms with Gasteiger partial charge in [0.15, 0.2) is 0 Å². The van der Waals surface area contributed by atoms with Gasteiger partial charge in [-0.15, -0.1) is 24.8 Å². The molecule has 3 aromatic carbocycles. The van der Waals surface area contributed by atoms with Crippen LogP contribution in [-0.2, 0) is 19.6 Å². The number of carbonyl (C=O) groups is 1. The Balaban J connectivity index is 0.00000241. The zero-order valence-corrected chi connectivity index (χ0v) is 23.2. The molecular weight excluding hydrogens is 507 g/mol. The summed E-state index contributed by atoms with van der Waals surface area (Å²) in [5.41, 5.74) is 13.5. The Bertz CT molecular complexity index is 1390. The van der Waals surface area contributed by atoms with E-state index in [1.807, 2.05) is 31.2 Å². The standard InChI is InChI=1S/C30H32N2O3.2ClH/c1-18(2)13-27-25(16-31)29(21-11-9-19(3)10-12-21)26(20(4)32-27)17-35-28-15-23-8-6-5-7-22(23)14-24(28)30(33)34;;/h5-12,14-15,18H,13,16-17,31H2,1-4H3,(H,33,34);2*1H. The van der Waals surface area contributed by atoms with Crippen LogP contribution in [0.4, 0.5) is 0 Å². The van der Waals surface area contributed by atoms with E-state index in [2.05, 4.69) is 45.0 Å². The van der Waals surface area contributed by atoms with E-state index in [-0.39, 0.29) is 37.0 Å². The molecule has 7 heteroatoms. The van der Waals surface area contributed by atoms with Crippen LogP contribution in [0.5, 0.6) is 5.75 Å². The number of aryl methyl sites for hydroxylation is 2. The summed E-state index contributed by atoms with van der Waals surface area (Å²) in [4.78, 5) is 16.9. The molecule has 0 radical (unpaired) electrons. The summed E-state index contributed by atoms with van der Waals surface area (Å²) in [6.07, 6.45) is 0.835. The van der Waals surface area contributed by atoms with Gasteiger partial charge in [-0.2, -0.15) is 0 Å². The van der Waals surface area contributed by atoms with Crippen molar-refractivity contribution < 1.29 is 14.6 Å². The Labute approximate surface area is 230 Å². The van der Waals surface area contributed by atoms with Crippen molar-refractivity contribution in [2.24, 2.45) is 11.7 Å². The summed E-state index contributed by atoms with van der Waals surface area (Å²) < 4.78 is 6.22. The average molecular weight is 542 g/mol. The lowest BCUT2D eigenvalue weighted by atomic mass is 9.90. The zero-order valence-electron chi connectivity index (χ0n) is 21.6. The number of aromatic nitrogens is 1. The number of halogens is 2. The van der Waals surface area contributed by atoms with E-state index in [9.17, 15) is 9.90 Å². The maximum absolute atomic E-state index is 12.0. The molecule has 0 aliphatic carbocycles. The van der Waals surface area contributed by atoms with Crippen LogP contribution in [0.1, 0.15) is 52.3 Å². The average Bonchev–Trinajstić information content (AvgIpc) is 2.82. The smallest absolute Gasteiger partial charge is 0.339 e. The molecule has 0 aliphatic heterocycles. The number of carboxylic acid groups (broad SMARTS) is 1. The Hall–Kier alpha value is -3.12. The number of nitrogens with two attached hydrogens (primary N) is 1. The second kappa shape index (κ2) is 12.9. The fourth-order valence-corrected chi connectivity index (χ4v) is 4.52. The highest BCUT2D eigenvalue weighted by atomic mass is 35.5. The van der Waals surface area contributed by atoms with E-state index in [1.54, 1.807) is 12.1 Å². The minimum atomic E-state index is -1.02. The molecule has 5 nitrogen and oxygen atoms in total. The quantitative estimate of drug-likeness (QED) is 0.245. The Kier molecular flexibility index (Phi) is 10.5. The lowest BCUT2D eigenvalue weighted by Gasteiger charge is -2.22. The molecule has 0 aliphatic rings. The molecule has 1 heterocycles. The number of ether oxygens (including phenoxy) is 1. The Morgan fingerprint density at radius 1 is 0.973 bits per heavy atom. The van der Waals surface area contributed by atoms with Crippen LogP contribution in [0.15, 0.2) is 60.7 Å². The van der Waals surface area contributed by atoms with E-state index < -0.39 is 5.97 Å². The van der Waals surface area contributed by atoms with Gasteiger partial charge in [-0.05, 0) is 65.8 Å². The van der Waals surface area contributed by atoms with E-state index >= 15 is 0 Å². The number of nitrogens with zero attached hydrogens (tertiary/aromatic N) is 1. The first kappa shape index (κ1) is 30.1. The molecular formula is C30H34Cl2N2O3. The maximum atomic E-state index is 12.0. The van der Waals surface area contributed by atoms with Gasteiger partial charge in [-0.1, -0.05) is 67.9 Å². The molecule has 196 valence electrons. The molecule has 0 bridgehead atoms. The molecule has 4 rings (SSSR count). The summed E-state index contributed by atoms with van der Waals surface area (Å²) in [5.74, 6) is -0.240. The van der Waals surface area contributed by atoms with Crippen molar-refractivity contribution in [3.8, 4) is 16.9 Å². The number of hydrogen-bond acceptors (Lipinski definition) is 4. The molecule has 0 saturated carbocycles. The van der Waals surface area contributed by atoms with E-state index in [1.165, 1.54) is 5.56 Å². The topological polar surface area (TPSA) is 85.4 Å². The lowest BCUT2D eigenvalue weighted by molar-refractivity contribution is 0.0692. The van der Waals surface area contributed by atoms with Gasteiger partial charge in [0, 0.05) is 23.5 Å². The molecule has 3 N–H and O–H groups in total. The highest BCUT2D eigenvalue weighted by molar-refractivity contribution is 5.97. The van der Waals surface area contributed by atoms with Crippen LogP contribution in [0.25, 0.3) is 21.9 Å². The number of hydrogen-bond donors (Lipinski definition) is 2. The molecule has 0 saturated heterocycles. The Morgan fingerprint density at radius 2 is 1.59 bits per heavy atom. The number of aromatic carboxylic acids is 1. The molecule has 1 aromatic heterocycles. The molecule has 0 amide bonds. The third kappa shape index (κ3) is 6.61. The highest BCUT2D eigenvalue weighted by Crippen LogP contribution is 2.34. The van der Waals surface area contributed by atoms with Crippen molar-refractivity contribution in [3.05, 3.63) is 94.3 Å². The fraction of sp³-hybridized carbons (Fsp3) is 0.267. The number of benzene rings is 3. The van der Waals surface area contributed by atoms with Gasteiger partial charge in [0.1, 0.15) is 17.9 Å². The predicted octanol–water partition coefficient (Wildman–Crippen LogP) is 7.30. The van der Waals surface area contributed by atoms with Gasteiger partial charge in [-0.3, -0.25) is 4.98 Å². The molecule has 0 atom stereocenters. The summed E-state index contributed by atoms with van der Waals surface area (Å²) in [6, 6.07) is 19.5. The third-order valence-corrected chi connectivity index (χ3v) is 6.29. The van der Waals surface area contributed by atoms with E-state index in [0.717, 1.165) is 50.8 Å². The summed E-state index contributed by atoms with van der Waals surface area (Å²) in [7, 11) is 0. The molecule has 0 unspecified atom stereocenters. The second-order valence-electron chi connectivity index (χ2n) is 9.43. The van der Waals surface area contributed by atoms with Crippen LogP contribution in [0.2, 0.25) is 0 Å². The summed E-state index contributed by atoms with van der Waals surface area (Å²) in [6.45, 7) is 8.95. The SMILES string of the molecule is Cc1ccc(-c2c(COc3cc4ccccc4cc3C(=O)O)c(C)nc(CC(C)C)c2CN)cc1.Cl.Cl. The van der Waals surface area contributed by atoms with Crippen LogP contribution >= 0.6 is 24.8 Å². The van der Waals surface area contributed by atoms with Gasteiger partial charge in [0.25, 0.3) is 0 Å². The summed E-state index contributed by atoms with van der Waals surface area (Å²) >= 11 is 0. The van der Waals surface area contributed by atoms with Crippen molar-refractivity contribution in [1.29, 1.82) is 0 Å². The first-order valence-electron chi connectivity index (χ1n) is 12.0. The van der Waals surface area contributed by atoms with Crippen LogP contribution in [0, 0.1) is 19.8 Å². The predicted molar refractivity (Wildman–Crippen MR) is 155 cm³/mol. The van der Waals surface area contributed by atoms with Crippen molar-refractivity contribution in [3.63, 3.8) is 0 Å². The van der Waals surface area contributed by atoms with Crippen molar-refractivity contribution in [2.75, 3.05) is 0 Å². The van der Waals surface area contributed by atoms with E-state index in [4.69, 9.17) is 15.5 Å². The normalized spacial score (nSPS) is 10.6. The monoisotopic (exact) mass is 540 g/mol. The number of carboxylic acids is 1. The van der Waals surface area contributed by atoms with Gasteiger partial charge >= 0.3 is 5.97 Å². The molecule has 4 aromatic rings. The summed E-state index contributed by atoms with van der Waals surface area (Å²) in [5, 5.41) is 11.6. The van der Waals surface area contributed by atoms with Gasteiger partial charge in [-0.25, -0.2) is 4.79 Å². The highest BCUT2D eigenvalue weighted by Gasteiger charge is 2.21. The maximum Gasteiger partial charge on any atom is 0.339 e. The van der Waals surface area contributed by atoms with Crippen LogP contribution in [-0.4, -0.2) is 16.1 Å². The fourth-order valence-electron chi connectivity index (χ4n) is 4.52. The minimum absolute atomic E-state index is 0. The van der Waals surface area contributed by atoms with E-state index in [0.29, 0.717) is 18.2 Å². The van der Waals surface area contributed by atoms with Crippen molar-refractivity contribution >= 4 is 41.6 Å². The molecule has 37 heavy (non-hydrogen) atoms. The van der Waals surface area contributed by atoms with Crippen molar-refractivity contribution in [2.45, 2.75) is 47.3 Å². The lowest BCUT2D eigenvalue weighted by Crippen LogP contribution is -2.14. The minimum Gasteiger partial charge on any atom is -0.488 e. The van der Waals surface area contributed by atoms with Crippen molar-refractivity contribution in [1.82, 2.24) is 4.98 Å². The van der Waals surface area contributed by atoms with Gasteiger partial charge in [0.2, 0.25) is 0 Å². The second-order valence-corrected chi connectivity index (χ2v) is 9.43. The first-order chi connectivity index (χ1) is 16.8. The number of rotatable bonds is 8. The number of fused-ring (bicyclic) bond motifs is 1. The molecule has 0 fully saturated rings. The largest absolute Gasteiger partial charge is 0.488 e. The van der Waals surface area contributed by atoms with Gasteiger partial charge in [0.05, 0.1) is 0 Å². The first-order valence-corrected chi connectivity index (χ1v) is 12.0. The zero-order chi connectivity index (χ0) is 25.1. The van der Waals surface area contributed by atoms with Gasteiger partial charge < -0.3 is 15.6 Å². The number of pyridine rings is 1. The van der Waals surface area contributed by atoms with Crippen LogP contribution in [0.3, 0.4) is 0 Å².